The van der Waals surface area contributed by atoms with Crippen molar-refractivity contribution >= 4 is 26.9 Å². The van der Waals surface area contributed by atoms with Crippen LogP contribution in [0.5, 0.6) is 0 Å². The number of carbonyl (C=O) groups excluding carboxylic acids is 1. The van der Waals surface area contributed by atoms with Gasteiger partial charge in [0.05, 0.1) is 24.4 Å². The largest absolute Gasteiger partial charge is 0.337 e. The molecule has 1 unspecified atom stereocenters. The smallest absolute Gasteiger partial charge is 0.333 e. The molecule has 0 N–H and O–H groups in total. The molecule has 1 atom stereocenters. The topological polar surface area (TPSA) is 116 Å². The Labute approximate surface area is 191 Å². The van der Waals surface area contributed by atoms with E-state index in [1.165, 1.54) is 15.8 Å². The van der Waals surface area contributed by atoms with E-state index in [1.54, 1.807) is 11.5 Å². The average molecular weight is 474 g/mol. The van der Waals surface area contributed by atoms with Gasteiger partial charge in [-0.25, -0.2) is 22.8 Å². The molecule has 11 heteroatoms. The Kier molecular flexibility index (Phi) is 6.24. The summed E-state index contributed by atoms with van der Waals surface area (Å²) >= 11 is 0. The van der Waals surface area contributed by atoms with Crippen LogP contribution in [0.25, 0.3) is 11.2 Å². The van der Waals surface area contributed by atoms with Crippen molar-refractivity contribution in [2.45, 2.75) is 45.9 Å². The van der Waals surface area contributed by atoms with Crippen molar-refractivity contribution in [3.05, 3.63) is 63.1 Å². The third-order valence-corrected chi connectivity index (χ3v) is 7.86. The number of hydrogen-bond acceptors (Lipinski definition) is 6. The molecule has 1 amide bonds. The first-order chi connectivity index (χ1) is 15.8. The molecule has 1 saturated heterocycles. The number of aromatic nitrogens is 4. The van der Waals surface area contributed by atoms with E-state index in [1.807, 2.05) is 37.3 Å². The maximum absolute atomic E-state index is 13.4. The molecule has 1 aromatic carbocycles. The molecule has 2 aromatic heterocycles. The molecule has 3 aromatic rings. The zero-order valence-corrected chi connectivity index (χ0v) is 19.5. The number of rotatable bonds is 7. The molecule has 1 fully saturated rings. The van der Waals surface area contributed by atoms with Crippen molar-refractivity contribution < 1.29 is 13.2 Å². The lowest BCUT2D eigenvalue weighted by atomic mass is 10.2. The number of fused-ring (bicyclic) bond motifs is 1. The van der Waals surface area contributed by atoms with E-state index in [0.29, 0.717) is 19.5 Å². The van der Waals surface area contributed by atoms with Gasteiger partial charge in [0.1, 0.15) is 6.54 Å². The van der Waals surface area contributed by atoms with Crippen LogP contribution in [-0.2, 0) is 34.3 Å². The molecule has 176 valence electrons. The Balaban J connectivity index is 1.77. The van der Waals surface area contributed by atoms with E-state index in [9.17, 15) is 22.8 Å². The van der Waals surface area contributed by atoms with E-state index < -0.39 is 39.6 Å². The standard InChI is InChI=1S/C22H27N5O5S/c1-3-24-15-23-20-19(24)21(29)27(22(30)26(20)12-16-8-6-5-7-9-16)13-18(28)25(4-2)17-10-11-33(31,32)14-17/h5-9,15,17H,3-4,10-14H2,1-2H3. The highest BCUT2D eigenvalue weighted by Crippen LogP contribution is 2.18. The maximum Gasteiger partial charge on any atom is 0.333 e. The third kappa shape index (κ3) is 4.37. The molecule has 3 heterocycles. The van der Waals surface area contributed by atoms with Crippen LogP contribution in [0, 0.1) is 0 Å². The molecular weight excluding hydrogens is 446 g/mol. The van der Waals surface area contributed by atoms with Crippen molar-refractivity contribution in [1.29, 1.82) is 0 Å². The predicted octanol–water partition coefficient (Wildman–Crippen LogP) is 0.464. The van der Waals surface area contributed by atoms with E-state index >= 15 is 0 Å². The summed E-state index contributed by atoms with van der Waals surface area (Å²) in [4.78, 5) is 45.6. The Morgan fingerprint density at radius 2 is 1.88 bits per heavy atom. The molecule has 0 bridgehead atoms. The SMILES string of the molecule is CCN(C(=O)Cn1c(=O)c2c(ncn2CC)n(Cc2ccccc2)c1=O)C1CCS(=O)(=O)C1. The molecule has 33 heavy (non-hydrogen) atoms. The van der Waals surface area contributed by atoms with Gasteiger partial charge in [0.2, 0.25) is 5.91 Å². The van der Waals surface area contributed by atoms with Gasteiger partial charge in [-0.15, -0.1) is 0 Å². The molecule has 10 nitrogen and oxygen atoms in total. The van der Waals surface area contributed by atoms with Crippen molar-refractivity contribution in [1.82, 2.24) is 23.6 Å². The van der Waals surface area contributed by atoms with E-state index in [-0.39, 0.29) is 29.2 Å². The van der Waals surface area contributed by atoms with Crippen LogP contribution >= 0.6 is 0 Å². The van der Waals surface area contributed by atoms with Crippen molar-refractivity contribution in [2.24, 2.45) is 0 Å². The van der Waals surface area contributed by atoms with E-state index in [4.69, 9.17) is 0 Å². The zero-order chi connectivity index (χ0) is 23.8. The summed E-state index contributed by atoms with van der Waals surface area (Å²) in [5, 5.41) is 0. The fourth-order valence-corrected chi connectivity index (χ4v) is 6.14. The highest BCUT2D eigenvalue weighted by atomic mass is 32.2. The molecule has 1 aliphatic heterocycles. The summed E-state index contributed by atoms with van der Waals surface area (Å²) in [5.74, 6) is -0.513. The molecule has 0 spiro atoms. The molecule has 0 aliphatic carbocycles. The van der Waals surface area contributed by atoms with Gasteiger partial charge in [0, 0.05) is 19.1 Å². The minimum Gasteiger partial charge on any atom is -0.337 e. The number of nitrogens with zero attached hydrogens (tertiary/aromatic N) is 5. The Morgan fingerprint density at radius 1 is 1.15 bits per heavy atom. The summed E-state index contributed by atoms with van der Waals surface area (Å²) in [5.41, 5.74) is 0.180. The Hall–Kier alpha value is -3.21. The van der Waals surface area contributed by atoms with Crippen LogP contribution in [0.3, 0.4) is 0 Å². The second kappa shape index (κ2) is 8.97. The van der Waals surface area contributed by atoms with Crippen LogP contribution in [-0.4, -0.2) is 62.0 Å². The minimum absolute atomic E-state index is 0.0346. The van der Waals surface area contributed by atoms with Gasteiger partial charge in [0.15, 0.2) is 21.0 Å². The average Bonchev–Trinajstić information content (AvgIpc) is 3.38. The fourth-order valence-electron chi connectivity index (χ4n) is 4.41. The second-order valence-electron chi connectivity index (χ2n) is 8.19. The lowest BCUT2D eigenvalue weighted by Gasteiger charge is -2.27. The predicted molar refractivity (Wildman–Crippen MR) is 124 cm³/mol. The third-order valence-electron chi connectivity index (χ3n) is 6.11. The number of aryl methyl sites for hydroxylation is 1. The zero-order valence-electron chi connectivity index (χ0n) is 18.7. The molecule has 4 rings (SSSR count). The van der Waals surface area contributed by atoms with Crippen LogP contribution < -0.4 is 11.2 Å². The summed E-state index contributed by atoms with van der Waals surface area (Å²) in [7, 11) is -3.18. The quantitative estimate of drug-likeness (QED) is 0.492. The van der Waals surface area contributed by atoms with Crippen molar-refractivity contribution in [3.63, 3.8) is 0 Å². The normalized spacial score (nSPS) is 17.5. The summed E-state index contributed by atoms with van der Waals surface area (Å²) in [6.07, 6.45) is 1.87. The minimum atomic E-state index is -3.18. The lowest BCUT2D eigenvalue weighted by molar-refractivity contribution is -0.133. The highest BCUT2D eigenvalue weighted by molar-refractivity contribution is 7.91. The number of likely N-dealkylation sites (N-methyl/N-ethyl adjacent to an activating group) is 1. The van der Waals surface area contributed by atoms with Crippen LogP contribution in [0.15, 0.2) is 46.2 Å². The lowest BCUT2D eigenvalue weighted by Crippen LogP contribution is -2.48. The summed E-state index contributed by atoms with van der Waals surface area (Å²) < 4.78 is 27.8. The summed E-state index contributed by atoms with van der Waals surface area (Å²) in [6, 6.07) is 8.88. The maximum atomic E-state index is 13.4. The van der Waals surface area contributed by atoms with E-state index in [2.05, 4.69) is 4.98 Å². The molecular formula is C22H27N5O5S. The van der Waals surface area contributed by atoms with Gasteiger partial charge in [-0.3, -0.25) is 14.2 Å². The number of benzene rings is 1. The van der Waals surface area contributed by atoms with Gasteiger partial charge >= 0.3 is 5.69 Å². The highest BCUT2D eigenvalue weighted by Gasteiger charge is 2.34. The van der Waals surface area contributed by atoms with Crippen molar-refractivity contribution in [2.75, 3.05) is 18.1 Å². The monoisotopic (exact) mass is 473 g/mol. The summed E-state index contributed by atoms with van der Waals surface area (Å²) in [6.45, 7) is 4.13. The Bertz CT molecular complexity index is 1400. The number of hydrogen-bond donors (Lipinski definition) is 0. The van der Waals surface area contributed by atoms with Crippen LogP contribution in [0.2, 0.25) is 0 Å². The number of carbonyl (C=O) groups is 1. The second-order valence-corrected chi connectivity index (χ2v) is 10.4. The molecule has 1 aliphatic rings. The molecule has 0 radical (unpaired) electrons. The van der Waals surface area contributed by atoms with Gasteiger partial charge in [-0.05, 0) is 25.8 Å². The first-order valence-corrected chi connectivity index (χ1v) is 12.8. The van der Waals surface area contributed by atoms with E-state index in [0.717, 1.165) is 10.1 Å². The number of amides is 1. The van der Waals surface area contributed by atoms with Gasteiger partial charge in [-0.1, -0.05) is 30.3 Å². The van der Waals surface area contributed by atoms with Crippen LogP contribution in [0.1, 0.15) is 25.8 Å². The van der Waals surface area contributed by atoms with Crippen molar-refractivity contribution in [3.8, 4) is 0 Å². The number of sulfone groups is 1. The fraction of sp³-hybridized carbons (Fsp3) is 0.455. The first kappa shape index (κ1) is 23.0. The van der Waals surface area contributed by atoms with Gasteiger partial charge in [-0.2, -0.15) is 0 Å². The van der Waals surface area contributed by atoms with Crippen LogP contribution in [0.4, 0.5) is 0 Å². The van der Waals surface area contributed by atoms with Gasteiger partial charge in [0.25, 0.3) is 5.56 Å². The number of imidazole rings is 1. The first-order valence-electron chi connectivity index (χ1n) is 11.0. The van der Waals surface area contributed by atoms with Gasteiger partial charge < -0.3 is 9.47 Å². The Morgan fingerprint density at radius 3 is 2.48 bits per heavy atom. The molecule has 0 saturated carbocycles.